The van der Waals surface area contributed by atoms with E-state index in [9.17, 15) is 4.79 Å². The second-order valence-electron chi connectivity index (χ2n) is 6.71. The van der Waals surface area contributed by atoms with Crippen molar-refractivity contribution in [2.45, 2.75) is 31.8 Å². The van der Waals surface area contributed by atoms with Gasteiger partial charge in [0, 0.05) is 6.04 Å². The molecule has 3 aromatic rings. The number of benzene rings is 1. The fraction of sp³-hybridized carbons (Fsp3) is 0.350. The normalized spacial score (nSPS) is 17.0. The standard InChI is InChI=1S/C20H22N4O3S/c1-26-17-7-3-2-5-15(17)21-19(25)11-18-22-20(27-23-18)12-24-9-4-6-16(24)14-8-10-28-13-14/h2-3,5,7-8,10,13,16H,4,6,9,11-12H2,1H3,(H,21,25)/t16-/m1/s1. The fourth-order valence-electron chi connectivity index (χ4n) is 3.54. The van der Waals surface area contributed by atoms with Crippen LogP contribution in [-0.4, -0.2) is 34.6 Å². The van der Waals surface area contributed by atoms with Crippen LogP contribution >= 0.6 is 11.3 Å². The molecule has 1 atom stereocenters. The van der Waals surface area contributed by atoms with Gasteiger partial charge in [-0.15, -0.1) is 0 Å². The van der Waals surface area contributed by atoms with Gasteiger partial charge in [0.2, 0.25) is 11.8 Å². The van der Waals surface area contributed by atoms with Crippen molar-refractivity contribution in [2.24, 2.45) is 0 Å². The third-order valence-electron chi connectivity index (χ3n) is 4.84. The Morgan fingerprint density at radius 1 is 1.39 bits per heavy atom. The zero-order chi connectivity index (χ0) is 19.3. The van der Waals surface area contributed by atoms with Gasteiger partial charge in [-0.25, -0.2) is 0 Å². The number of rotatable bonds is 7. The SMILES string of the molecule is COc1ccccc1NC(=O)Cc1noc(CN2CCC[C@@H]2c2ccsc2)n1. The summed E-state index contributed by atoms with van der Waals surface area (Å²) in [7, 11) is 1.57. The highest BCUT2D eigenvalue weighted by molar-refractivity contribution is 7.07. The first-order valence-corrected chi connectivity index (χ1v) is 10.2. The van der Waals surface area contributed by atoms with E-state index >= 15 is 0 Å². The van der Waals surface area contributed by atoms with E-state index in [0.29, 0.717) is 35.7 Å². The summed E-state index contributed by atoms with van der Waals surface area (Å²) >= 11 is 1.72. The summed E-state index contributed by atoms with van der Waals surface area (Å²) in [5.41, 5.74) is 1.97. The van der Waals surface area contributed by atoms with E-state index in [0.717, 1.165) is 19.4 Å². The third kappa shape index (κ3) is 4.23. The summed E-state index contributed by atoms with van der Waals surface area (Å²) in [5, 5.41) is 11.1. The number of para-hydroxylation sites is 2. The summed E-state index contributed by atoms with van der Waals surface area (Å²) in [6.45, 7) is 1.61. The molecule has 0 radical (unpaired) electrons. The van der Waals surface area contributed by atoms with Gasteiger partial charge in [-0.1, -0.05) is 17.3 Å². The molecule has 3 heterocycles. The monoisotopic (exact) mass is 398 g/mol. The molecule has 1 saturated heterocycles. The topological polar surface area (TPSA) is 80.5 Å². The highest BCUT2D eigenvalue weighted by atomic mass is 32.1. The number of nitrogens with one attached hydrogen (secondary N) is 1. The van der Waals surface area contributed by atoms with Crippen molar-refractivity contribution in [3.05, 3.63) is 58.4 Å². The number of anilines is 1. The molecular formula is C20H22N4O3S. The van der Waals surface area contributed by atoms with Gasteiger partial charge in [0.05, 0.1) is 25.8 Å². The molecule has 28 heavy (non-hydrogen) atoms. The van der Waals surface area contributed by atoms with Crippen molar-refractivity contribution < 1.29 is 14.1 Å². The van der Waals surface area contributed by atoms with Gasteiger partial charge in [-0.05, 0) is 53.9 Å². The average molecular weight is 398 g/mol. The van der Waals surface area contributed by atoms with Crippen LogP contribution in [0.2, 0.25) is 0 Å². The Labute approximate surface area is 167 Å². The van der Waals surface area contributed by atoms with Gasteiger partial charge in [0.25, 0.3) is 0 Å². The predicted octanol–water partition coefficient (Wildman–Crippen LogP) is 3.66. The number of aromatic nitrogens is 2. The Morgan fingerprint density at radius 3 is 3.11 bits per heavy atom. The number of likely N-dealkylation sites (tertiary alicyclic amines) is 1. The van der Waals surface area contributed by atoms with E-state index in [-0.39, 0.29) is 12.3 Å². The lowest BCUT2D eigenvalue weighted by Crippen LogP contribution is -2.22. The second kappa shape index (κ2) is 8.53. The Hall–Kier alpha value is -2.71. The molecule has 1 fully saturated rings. The number of methoxy groups -OCH3 is 1. The van der Waals surface area contributed by atoms with Gasteiger partial charge in [0.15, 0.2) is 5.82 Å². The van der Waals surface area contributed by atoms with Crippen LogP contribution in [-0.2, 0) is 17.8 Å². The molecule has 1 aromatic carbocycles. The van der Waals surface area contributed by atoms with Crippen LogP contribution in [0.3, 0.4) is 0 Å². The molecule has 0 bridgehead atoms. The van der Waals surface area contributed by atoms with Gasteiger partial charge >= 0.3 is 0 Å². The summed E-state index contributed by atoms with van der Waals surface area (Å²) in [5.74, 6) is 1.32. The van der Waals surface area contributed by atoms with Crippen molar-refractivity contribution >= 4 is 22.9 Å². The molecule has 7 nitrogen and oxygen atoms in total. The first-order chi connectivity index (χ1) is 13.7. The minimum Gasteiger partial charge on any atom is -0.495 e. The molecule has 2 aromatic heterocycles. The summed E-state index contributed by atoms with van der Waals surface area (Å²) in [6.07, 6.45) is 2.34. The zero-order valence-corrected chi connectivity index (χ0v) is 16.4. The molecule has 1 amide bonds. The van der Waals surface area contributed by atoms with Gasteiger partial charge in [-0.3, -0.25) is 9.69 Å². The quantitative estimate of drug-likeness (QED) is 0.654. The molecule has 0 aliphatic carbocycles. The van der Waals surface area contributed by atoms with Crippen LogP contribution in [0.15, 0.2) is 45.6 Å². The average Bonchev–Trinajstić information content (AvgIpc) is 3.44. The van der Waals surface area contributed by atoms with E-state index in [1.807, 2.05) is 12.1 Å². The molecule has 1 aliphatic heterocycles. The molecule has 1 aliphatic rings. The van der Waals surface area contributed by atoms with Gasteiger partial charge < -0.3 is 14.6 Å². The number of carbonyl (C=O) groups is 1. The van der Waals surface area contributed by atoms with Crippen molar-refractivity contribution in [2.75, 3.05) is 19.0 Å². The fourth-order valence-corrected chi connectivity index (χ4v) is 4.25. The third-order valence-corrected chi connectivity index (χ3v) is 5.54. The molecule has 0 spiro atoms. The maximum Gasteiger partial charge on any atom is 0.240 e. The first-order valence-electron chi connectivity index (χ1n) is 9.23. The highest BCUT2D eigenvalue weighted by Crippen LogP contribution is 2.33. The first kappa shape index (κ1) is 18.6. The molecule has 4 rings (SSSR count). The minimum absolute atomic E-state index is 0.0511. The van der Waals surface area contributed by atoms with E-state index in [2.05, 4.69) is 37.2 Å². The lowest BCUT2D eigenvalue weighted by Gasteiger charge is -2.21. The lowest BCUT2D eigenvalue weighted by molar-refractivity contribution is -0.115. The zero-order valence-electron chi connectivity index (χ0n) is 15.6. The van der Waals surface area contributed by atoms with E-state index < -0.39 is 0 Å². The number of amides is 1. The number of carbonyl (C=O) groups excluding carboxylic acids is 1. The number of ether oxygens (including phenoxy) is 1. The predicted molar refractivity (Wildman–Crippen MR) is 106 cm³/mol. The summed E-state index contributed by atoms with van der Waals surface area (Å²) in [4.78, 5) is 19.1. The van der Waals surface area contributed by atoms with Crippen molar-refractivity contribution in [3.63, 3.8) is 0 Å². The largest absolute Gasteiger partial charge is 0.495 e. The van der Waals surface area contributed by atoms with Crippen LogP contribution in [0.25, 0.3) is 0 Å². The van der Waals surface area contributed by atoms with Crippen molar-refractivity contribution in [1.29, 1.82) is 0 Å². The van der Waals surface area contributed by atoms with Crippen molar-refractivity contribution in [1.82, 2.24) is 15.0 Å². The van der Waals surface area contributed by atoms with Crippen LogP contribution in [0.5, 0.6) is 5.75 Å². The molecular weight excluding hydrogens is 376 g/mol. The Balaban J connectivity index is 1.36. The van der Waals surface area contributed by atoms with E-state index in [4.69, 9.17) is 9.26 Å². The van der Waals surface area contributed by atoms with Gasteiger partial charge in [0.1, 0.15) is 5.75 Å². The smallest absolute Gasteiger partial charge is 0.240 e. The lowest BCUT2D eigenvalue weighted by atomic mass is 10.1. The van der Waals surface area contributed by atoms with Crippen LogP contribution in [0.4, 0.5) is 5.69 Å². The second-order valence-corrected chi connectivity index (χ2v) is 7.49. The summed E-state index contributed by atoms with van der Waals surface area (Å²) in [6, 6.07) is 9.84. The Kier molecular flexibility index (Phi) is 5.68. The number of nitrogens with zero attached hydrogens (tertiary/aromatic N) is 3. The Morgan fingerprint density at radius 2 is 2.29 bits per heavy atom. The molecule has 0 unspecified atom stereocenters. The number of hydrogen-bond acceptors (Lipinski definition) is 7. The van der Waals surface area contributed by atoms with Gasteiger partial charge in [-0.2, -0.15) is 16.3 Å². The van der Waals surface area contributed by atoms with Crippen molar-refractivity contribution in [3.8, 4) is 5.75 Å². The van der Waals surface area contributed by atoms with E-state index in [1.54, 1.807) is 30.6 Å². The van der Waals surface area contributed by atoms with Crippen LogP contribution in [0, 0.1) is 0 Å². The van der Waals surface area contributed by atoms with Crippen LogP contribution in [0.1, 0.15) is 36.2 Å². The molecule has 1 N–H and O–H groups in total. The maximum absolute atomic E-state index is 12.3. The molecule has 8 heteroatoms. The van der Waals surface area contributed by atoms with E-state index in [1.165, 1.54) is 5.56 Å². The number of thiophene rings is 1. The molecule has 0 saturated carbocycles. The highest BCUT2D eigenvalue weighted by Gasteiger charge is 2.28. The maximum atomic E-state index is 12.3. The minimum atomic E-state index is -0.214. The molecule has 146 valence electrons. The summed E-state index contributed by atoms with van der Waals surface area (Å²) < 4.78 is 10.6. The number of hydrogen-bond donors (Lipinski definition) is 1. The Bertz CT molecular complexity index is 925. The van der Waals surface area contributed by atoms with Crippen LogP contribution < -0.4 is 10.1 Å².